The number of nitrogens with zero attached hydrogens (tertiary/aromatic N) is 1. The number of carbonyl (C=O) groups is 1. The summed E-state index contributed by atoms with van der Waals surface area (Å²) in [5.74, 6) is 0.232. The van der Waals surface area contributed by atoms with Gasteiger partial charge in [0.15, 0.2) is 0 Å². The largest absolute Gasteiger partial charge is 0.369 e. The summed E-state index contributed by atoms with van der Waals surface area (Å²) in [5.41, 5.74) is 12.6. The molecule has 2 heterocycles. The molecule has 1 amide bonds. The summed E-state index contributed by atoms with van der Waals surface area (Å²) in [7, 11) is 0. The molecular weight excluding hydrogens is 314 g/mol. The van der Waals surface area contributed by atoms with Crippen molar-refractivity contribution >= 4 is 33.2 Å². The van der Waals surface area contributed by atoms with E-state index in [0.29, 0.717) is 12.5 Å². The Bertz CT molecular complexity index is 423. The summed E-state index contributed by atoms with van der Waals surface area (Å²) in [6.45, 7) is 1.99. The third kappa shape index (κ3) is 4.05. The number of rotatable bonds is 4. The molecule has 2 unspecified atom stereocenters. The quantitative estimate of drug-likeness (QED) is 0.870. The Morgan fingerprint density at radius 3 is 2.94 bits per heavy atom. The van der Waals surface area contributed by atoms with E-state index in [1.54, 1.807) is 11.3 Å². The lowest BCUT2D eigenvalue weighted by atomic mass is 9.90. The number of amides is 1. The van der Waals surface area contributed by atoms with Crippen molar-refractivity contribution in [1.82, 2.24) is 4.90 Å². The molecule has 1 fully saturated rings. The number of primary amides is 1. The Morgan fingerprint density at radius 2 is 2.33 bits per heavy atom. The first-order valence-corrected chi connectivity index (χ1v) is 7.69. The van der Waals surface area contributed by atoms with Gasteiger partial charge in [-0.15, -0.1) is 11.3 Å². The molecule has 0 bridgehead atoms. The molecule has 1 aliphatic heterocycles. The van der Waals surface area contributed by atoms with Gasteiger partial charge in [0.05, 0.1) is 10.3 Å². The van der Waals surface area contributed by atoms with Crippen LogP contribution in [0.1, 0.15) is 12.0 Å². The lowest BCUT2D eigenvalue weighted by Gasteiger charge is -2.35. The normalized spacial score (nSPS) is 25.2. The summed E-state index contributed by atoms with van der Waals surface area (Å²) in [6, 6.07) is 2.30. The van der Waals surface area contributed by atoms with Gasteiger partial charge < -0.3 is 11.5 Å². The van der Waals surface area contributed by atoms with Crippen LogP contribution in [0.3, 0.4) is 0 Å². The van der Waals surface area contributed by atoms with Crippen LogP contribution in [-0.2, 0) is 11.2 Å². The molecule has 0 saturated carbocycles. The van der Waals surface area contributed by atoms with Gasteiger partial charge in [-0.25, -0.2) is 0 Å². The molecule has 2 rings (SSSR count). The average Bonchev–Trinajstić information content (AvgIpc) is 2.61. The summed E-state index contributed by atoms with van der Waals surface area (Å²) in [6.07, 6.45) is 2.04. The number of thiophene rings is 1. The van der Waals surface area contributed by atoms with E-state index in [2.05, 4.69) is 32.3 Å². The van der Waals surface area contributed by atoms with Crippen molar-refractivity contribution < 1.29 is 4.79 Å². The smallest absolute Gasteiger partial charge is 0.231 e. The molecule has 1 aromatic rings. The van der Waals surface area contributed by atoms with Gasteiger partial charge in [0.2, 0.25) is 5.91 Å². The van der Waals surface area contributed by atoms with E-state index in [4.69, 9.17) is 11.5 Å². The van der Waals surface area contributed by atoms with Crippen LogP contribution < -0.4 is 11.5 Å². The van der Waals surface area contributed by atoms with E-state index in [1.807, 2.05) is 0 Å². The van der Waals surface area contributed by atoms with Crippen LogP contribution in [0.5, 0.6) is 0 Å². The molecule has 0 aliphatic carbocycles. The van der Waals surface area contributed by atoms with Crippen LogP contribution in [0.2, 0.25) is 0 Å². The van der Waals surface area contributed by atoms with E-state index >= 15 is 0 Å². The minimum Gasteiger partial charge on any atom is -0.369 e. The third-order valence-corrected chi connectivity index (χ3v) is 4.72. The topological polar surface area (TPSA) is 72.4 Å². The summed E-state index contributed by atoms with van der Waals surface area (Å²) < 4.78 is 1.16. The standard InChI is InChI=1S/C12H18BrN3OS/c13-11-3-9(7-18-11)1-8-2-10(14)5-16(4-8)6-12(15)17/h3,7-8,10H,1-2,4-6,14H2,(H2,15,17). The number of hydrogen-bond donors (Lipinski definition) is 2. The van der Waals surface area contributed by atoms with Crippen molar-refractivity contribution in [3.63, 3.8) is 0 Å². The van der Waals surface area contributed by atoms with Crippen molar-refractivity contribution in [1.29, 1.82) is 0 Å². The maximum atomic E-state index is 11.0. The molecule has 0 radical (unpaired) electrons. The summed E-state index contributed by atoms with van der Waals surface area (Å²) in [5, 5.41) is 2.17. The van der Waals surface area contributed by atoms with E-state index in [-0.39, 0.29) is 11.9 Å². The minimum atomic E-state index is -0.277. The van der Waals surface area contributed by atoms with Crippen LogP contribution in [0, 0.1) is 5.92 Å². The van der Waals surface area contributed by atoms with Crippen LogP contribution in [0.15, 0.2) is 15.2 Å². The molecule has 1 aromatic heterocycles. The highest BCUT2D eigenvalue weighted by atomic mass is 79.9. The Balaban J connectivity index is 1.93. The van der Waals surface area contributed by atoms with Gasteiger partial charge in [-0.1, -0.05) is 0 Å². The number of likely N-dealkylation sites (tertiary alicyclic amines) is 1. The molecule has 0 aromatic carbocycles. The van der Waals surface area contributed by atoms with Crippen LogP contribution >= 0.6 is 27.3 Å². The molecule has 100 valence electrons. The number of hydrogen-bond acceptors (Lipinski definition) is 4. The molecule has 6 heteroatoms. The zero-order chi connectivity index (χ0) is 13.1. The Morgan fingerprint density at radius 1 is 1.56 bits per heavy atom. The lowest BCUT2D eigenvalue weighted by molar-refractivity contribution is -0.119. The third-order valence-electron chi connectivity index (χ3n) is 3.17. The van der Waals surface area contributed by atoms with E-state index < -0.39 is 0 Å². The van der Waals surface area contributed by atoms with Gasteiger partial charge in [-0.05, 0) is 51.7 Å². The number of nitrogens with two attached hydrogens (primary N) is 2. The molecule has 4 N–H and O–H groups in total. The molecule has 2 atom stereocenters. The van der Waals surface area contributed by atoms with Crippen LogP contribution in [0.25, 0.3) is 0 Å². The van der Waals surface area contributed by atoms with Crippen molar-refractivity contribution in [3.05, 3.63) is 20.8 Å². The van der Waals surface area contributed by atoms with Gasteiger partial charge in [0, 0.05) is 19.1 Å². The van der Waals surface area contributed by atoms with Crippen molar-refractivity contribution in [2.45, 2.75) is 18.9 Å². The highest BCUT2D eigenvalue weighted by Crippen LogP contribution is 2.26. The first-order chi connectivity index (χ1) is 8.52. The van der Waals surface area contributed by atoms with Gasteiger partial charge in [0.25, 0.3) is 0 Å². The Labute approximate surface area is 119 Å². The fourth-order valence-corrected chi connectivity index (χ4v) is 3.85. The van der Waals surface area contributed by atoms with Crippen LogP contribution in [-0.4, -0.2) is 36.5 Å². The number of halogens is 1. The van der Waals surface area contributed by atoms with Crippen molar-refractivity contribution in [2.24, 2.45) is 17.4 Å². The Kier molecular flexibility index (Phi) is 4.77. The first-order valence-electron chi connectivity index (χ1n) is 6.02. The first kappa shape index (κ1) is 14.0. The number of carbonyl (C=O) groups excluding carboxylic acids is 1. The van der Waals surface area contributed by atoms with E-state index in [0.717, 1.165) is 29.7 Å². The number of piperidine rings is 1. The van der Waals surface area contributed by atoms with E-state index in [9.17, 15) is 4.79 Å². The minimum absolute atomic E-state index is 0.144. The molecular formula is C12H18BrN3OS. The molecule has 18 heavy (non-hydrogen) atoms. The summed E-state index contributed by atoms with van der Waals surface area (Å²) in [4.78, 5) is 13.0. The highest BCUT2D eigenvalue weighted by Gasteiger charge is 2.26. The SMILES string of the molecule is NC(=O)CN1CC(N)CC(Cc2csc(Br)c2)C1. The van der Waals surface area contributed by atoms with Gasteiger partial charge in [-0.2, -0.15) is 0 Å². The van der Waals surface area contributed by atoms with E-state index in [1.165, 1.54) is 5.56 Å². The maximum absolute atomic E-state index is 11.0. The zero-order valence-electron chi connectivity index (χ0n) is 10.1. The Hall–Kier alpha value is -0.430. The fourth-order valence-electron chi connectivity index (χ4n) is 2.63. The van der Waals surface area contributed by atoms with Crippen molar-refractivity contribution in [2.75, 3.05) is 19.6 Å². The second kappa shape index (κ2) is 6.14. The van der Waals surface area contributed by atoms with Gasteiger partial charge in [0.1, 0.15) is 0 Å². The zero-order valence-corrected chi connectivity index (χ0v) is 12.5. The predicted molar refractivity (Wildman–Crippen MR) is 77.4 cm³/mol. The van der Waals surface area contributed by atoms with Crippen LogP contribution in [0.4, 0.5) is 0 Å². The predicted octanol–water partition coefficient (Wildman–Crippen LogP) is 1.19. The molecule has 1 aliphatic rings. The summed E-state index contributed by atoms with van der Waals surface area (Å²) >= 11 is 5.18. The highest BCUT2D eigenvalue weighted by molar-refractivity contribution is 9.11. The maximum Gasteiger partial charge on any atom is 0.231 e. The molecule has 4 nitrogen and oxygen atoms in total. The second-order valence-corrected chi connectivity index (χ2v) is 7.28. The second-order valence-electron chi connectivity index (χ2n) is 4.99. The molecule has 0 spiro atoms. The monoisotopic (exact) mass is 331 g/mol. The molecule has 1 saturated heterocycles. The van der Waals surface area contributed by atoms with Gasteiger partial charge in [-0.3, -0.25) is 9.69 Å². The lowest BCUT2D eigenvalue weighted by Crippen LogP contribution is -2.49. The fraction of sp³-hybridized carbons (Fsp3) is 0.583. The van der Waals surface area contributed by atoms with Crippen molar-refractivity contribution in [3.8, 4) is 0 Å². The van der Waals surface area contributed by atoms with Gasteiger partial charge >= 0.3 is 0 Å². The average molecular weight is 332 g/mol.